The quantitative estimate of drug-likeness (QED) is 0.837. The van der Waals surface area contributed by atoms with Crippen molar-refractivity contribution in [3.63, 3.8) is 0 Å². The molecule has 4 heteroatoms. The lowest BCUT2D eigenvalue weighted by molar-refractivity contribution is -0.142. The van der Waals surface area contributed by atoms with Gasteiger partial charge in [-0.05, 0) is 24.0 Å². The molecule has 1 aliphatic heterocycles. The summed E-state index contributed by atoms with van der Waals surface area (Å²) < 4.78 is 0. The predicted molar refractivity (Wildman–Crippen MR) is 77.5 cm³/mol. The van der Waals surface area contributed by atoms with Crippen molar-refractivity contribution in [1.82, 2.24) is 4.90 Å². The van der Waals surface area contributed by atoms with Crippen molar-refractivity contribution in [2.75, 3.05) is 0 Å². The van der Waals surface area contributed by atoms with Crippen LogP contribution < -0.4 is 5.73 Å². The summed E-state index contributed by atoms with van der Waals surface area (Å²) in [5.41, 5.74) is 7.09. The summed E-state index contributed by atoms with van der Waals surface area (Å²) in [7, 11) is 0. The van der Waals surface area contributed by atoms with Crippen LogP contribution in [0.3, 0.4) is 0 Å². The molecule has 0 radical (unpaired) electrons. The minimum atomic E-state index is -0.478. The highest BCUT2D eigenvalue weighted by Crippen LogP contribution is 2.39. The number of carbonyl (C=O) groups excluding carboxylic acids is 2. The lowest BCUT2D eigenvalue weighted by Crippen LogP contribution is -2.34. The van der Waals surface area contributed by atoms with E-state index in [9.17, 15) is 9.59 Å². The molecule has 2 amide bonds. The molecule has 2 N–H and O–H groups in total. The van der Waals surface area contributed by atoms with E-state index in [0.717, 1.165) is 24.0 Å². The summed E-state index contributed by atoms with van der Waals surface area (Å²) in [5, 5.41) is 0. The largest absolute Gasteiger partial charge is 0.326 e. The fourth-order valence-electron chi connectivity index (χ4n) is 2.79. The molecule has 0 bridgehead atoms. The Morgan fingerprint density at radius 2 is 1.65 bits per heavy atom. The normalized spacial score (nSPS) is 17.9. The van der Waals surface area contributed by atoms with E-state index >= 15 is 0 Å². The number of hydrogen-bond donors (Lipinski definition) is 1. The van der Waals surface area contributed by atoms with E-state index in [4.69, 9.17) is 5.73 Å². The molecule has 108 valence electrons. The fraction of sp³-hybridized carbons (Fsp3) is 0.500. The Kier molecular flexibility index (Phi) is 4.23. The first-order chi connectivity index (χ1) is 9.56. The van der Waals surface area contributed by atoms with E-state index < -0.39 is 5.41 Å². The Morgan fingerprint density at radius 1 is 1.10 bits per heavy atom. The van der Waals surface area contributed by atoms with Crippen molar-refractivity contribution in [3.8, 4) is 0 Å². The molecule has 2 rings (SSSR count). The van der Waals surface area contributed by atoms with Crippen molar-refractivity contribution < 1.29 is 9.59 Å². The topological polar surface area (TPSA) is 63.4 Å². The van der Waals surface area contributed by atoms with Crippen molar-refractivity contribution in [2.45, 2.75) is 46.2 Å². The molecule has 1 fully saturated rings. The monoisotopic (exact) mass is 274 g/mol. The molecule has 4 nitrogen and oxygen atoms in total. The smallest absolute Gasteiger partial charge is 0.236 e. The van der Waals surface area contributed by atoms with Gasteiger partial charge in [0.2, 0.25) is 11.8 Å². The molecule has 0 unspecified atom stereocenters. The van der Waals surface area contributed by atoms with Gasteiger partial charge < -0.3 is 5.73 Å². The first kappa shape index (κ1) is 14.7. The highest BCUT2D eigenvalue weighted by molar-refractivity contribution is 6.05. The van der Waals surface area contributed by atoms with Crippen LogP contribution in [-0.4, -0.2) is 16.7 Å². The van der Waals surface area contributed by atoms with Gasteiger partial charge in [0.1, 0.15) is 0 Å². The third-order valence-corrected chi connectivity index (χ3v) is 4.44. The van der Waals surface area contributed by atoms with Crippen LogP contribution in [0, 0.1) is 5.41 Å². The molecule has 1 aromatic carbocycles. The SMILES string of the molecule is CCC1(CC)CC(=O)N(Cc2ccc(CN)cc2)C1=O. The number of likely N-dealkylation sites (tertiary alicyclic amines) is 1. The maximum Gasteiger partial charge on any atom is 0.236 e. The highest BCUT2D eigenvalue weighted by atomic mass is 16.2. The number of carbonyl (C=O) groups is 2. The second-order valence-electron chi connectivity index (χ2n) is 5.47. The second kappa shape index (κ2) is 5.75. The molecule has 20 heavy (non-hydrogen) atoms. The summed E-state index contributed by atoms with van der Waals surface area (Å²) in [6.45, 7) is 4.82. The van der Waals surface area contributed by atoms with Crippen LogP contribution >= 0.6 is 0 Å². The van der Waals surface area contributed by atoms with Gasteiger partial charge >= 0.3 is 0 Å². The molecule has 0 atom stereocenters. The predicted octanol–water partition coefficient (Wildman–Crippen LogP) is 2.21. The number of benzene rings is 1. The number of rotatable bonds is 5. The lowest BCUT2D eigenvalue weighted by Gasteiger charge is -2.23. The molecule has 1 aromatic rings. The van der Waals surface area contributed by atoms with Gasteiger partial charge in [-0.25, -0.2) is 0 Å². The first-order valence-corrected chi connectivity index (χ1v) is 7.19. The Bertz CT molecular complexity index is 504. The summed E-state index contributed by atoms with van der Waals surface area (Å²) in [5.74, 6) is -0.0722. The minimum Gasteiger partial charge on any atom is -0.326 e. The van der Waals surface area contributed by atoms with Crippen molar-refractivity contribution in [1.29, 1.82) is 0 Å². The maximum atomic E-state index is 12.5. The van der Waals surface area contributed by atoms with Crippen LogP contribution in [0.5, 0.6) is 0 Å². The third kappa shape index (κ3) is 2.48. The van der Waals surface area contributed by atoms with Crippen LogP contribution in [0.2, 0.25) is 0 Å². The zero-order chi connectivity index (χ0) is 14.8. The number of imide groups is 1. The molecule has 0 spiro atoms. The molecule has 1 aliphatic rings. The van der Waals surface area contributed by atoms with Crippen molar-refractivity contribution >= 4 is 11.8 Å². The summed E-state index contributed by atoms with van der Waals surface area (Å²) in [6.07, 6.45) is 1.78. The van der Waals surface area contributed by atoms with Crippen LogP contribution in [0.25, 0.3) is 0 Å². The van der Waals surface area contributed by atoms with Gasteiger partial charge in [-0.1, -0.05) is 38.1 Å². The Balaban J connectivity index is 2.16. The number of nitrogens with two attached hydrogens (primary N) is 1. The zero-order valence-corrected chi connectivity index (χ0v) is 12.2. The molecule has 0 aliphatic carbocycles. The molecule has 1 saturated heterocycles. The summed E-state index contributed by atoms with van der Waals surface area (Å²) in [6, 6.07) is 7.74. The van der Waals surface area contributed by atoms with Gasteiger partial charge in [-0.3, -0.25) is 14.5 Å². The molecular weight excluding hydrogens is 252 g/mol. The van der Waals surface area contributed by atoms with Gasteiger partial charge in [0, 0.05) is 13.0 Å². The standard InChI is InChI=1S/C16H22N2O2/c1-3-16(4-2)9-14(19)18(15(16)20)11-13-7-5-12(10-17)6-8-13/h5-8H,3-4,9-11,17H2,1-2H3. The first-order valence-electron chi connectivity index (χ1n) is 7.19. The Hall–Kier alpha value is -1.68. The number of nitrogens with zero attached hydrogens (tertiary/aromatic N) is 1. The van der Waals surface area contributed by atoms with E-state index in [1.165, 1.54) is 4.90 Å². The Morgan fingerprint density at radius 3 is 2.10 bits per heavy atom. The maximum absolute atomic E-state index is 12.5. The van der Waals surface area contributed by atoms with Crippen molar-refractivity contribution in [2.24, 2.45) is 11.1 Å². The van der Waals surface area contributed by atoms with Gasteiger partial charge in [0.25, 0.3) is 0 Å². The van der Waals surface area contributed by atoms with Gasteiger partial charge in [-0.2, -0.15) is 0 Å². The third-order valence-electron chi connectivity index (χ3n) is 4.44. The highest BCUT2D eigenvalue weighted by Gasteiger charge is 2.48. The van der Waals surface area contributed by atoms with Crippen LogP contribution in [0.1, 0.15) is 44.2 Å². The van der Waals surface area contributed by atoms with Crippen LogP contribution in [0.4, 0.5) is 0 Å². The lowest BCUT2D eigenvalue weighted by atomic mass is 9.81. The number of amides is 2. The summed E-state index contributed by atoms with van der Waals surface area (Å²) in [4.78, 5) is 26.1. The van der Waals surface area contributed by atoms with E-state index in [0.29, 0.717) is 19.5 Å². The van der Waals surface area contributed by atoms with E-state index in [1.807, 2.05) is 38.1 Å². The molecule has 0 aromatic heterocycles. The van der Waals surface area contributed by atoms with E-state index in [2.05, 4.69) is 0 Å². The number of hydrogen-bond acceptors (Lipinski definition) is 3. The molecule has 0 saturated carbocycles. The minimum absolute atomic E-state index is 0.0181. The average molecular weight is 274 g/mol. The van der Waals surface area contributed by atoms with E-state index in [-0.39, 0.29) is 11.8 Å². The van der Waals surface area contributed by atoms with Gasteiger partial charge in [-0.15, -0.1) is 0 Å². The van der Waals surface area contributed by atoms with Crippen LogP contribution in [0.15, 0.2) is 24.3 Å². The fourth-order valence-corrected chi connectivity index (χ4v) is 2.79. The van der Waals surface area contributed by atoms with Gasteiger partial charge in [0.05, 0.1) is 12.0 Å². The van der Waals surface area contributed by atoms with Gasteiger partial charge in [0.15, 0.2) is 0 Å². The Labute approximate surface area is 119 Å². The second-order valence-corrected chi connectivity index (χ2v) is 5.47. The molecular formula is C16H22N2O2. The van der Waals surface area contributed by atoms with Crippen molar-refractivity contribution in [3.05, 3.63) is 35.4 Å². The van der Waals surface area contributed by atoms with Crippen LogP contribution in [-0.2, 0) is 22.7 Å². The zero-order valence-electron chi connectivity index (χ0n) is 12.2. The molecule has 1 heterocycles. The summed E-state index contributed by atoms with van der Waals surface area (Å²) >= 11 is 0. The van der Waals surface area contributed by atoms with E-state index in [1.54, 1.807) is 0 Å². The average Bonchev–Trinajstić information content (AvgIpc) is 2.72.